The van der Waals surface area contributed by atoms with Crippen LogP contribution in [0.1, 0.15) is 27.2 Å². The summed E-state index contributed by atoms with van der Waals surface area (Å²) < 4.78 is 11.1. The summed E-state index contributed by atoms with van der Waals surface area (Å²) in [5.41, 5.74) is 5.65. The molecule has 15 heavy (non-hydrogen) atoms. The van der Waals surface area contributed by atoms with Crippen molar-refractivity contribution in [3.63, 3.8) is 0 Å². The zero-order valence-electron chi connectivity index (χ0n) is 10.1. The van der Waals surface area contributed by atoms with Crippen molar-refractivity contribution in [1.29, 1.82) is 0 Å². The zero-order valence-corrected chi connectivity index (χ0v) is 10.9. The molecule has 0 saturated carbocycles. The molecule has 0 aromatic rings. The van der Waals surface area contributed by atoms with Crippen LogP contribution in [0.5, 0.6) is 0 Å². The summed E-state index contributed by atoms with van der Waals surface area (Å²) in [4.78, 5) is 4.17. The fourth-order valence-corrected chi connectivity index (χ4v) is 1.36. The lowest BCUT2D eigenvalue weighted by molar-refractivity contribution is 0.655. The van der Waals surface area contributed by atoms with E-state index in [2.05, 4.69) is 24.2 Å². The maximum atomic E-state index is 11.1. The number of hydrogen-bond donors (Lipinski definition) is 2. The summed E-state index contributed by atoms with van der Waals surface area (Å²) in [6.45, 7) is 7.64. The van der Waals surface area contributed by atoms with Gasteiger partial charge in [0.05, 0.1) is 0 Å². The molecule has 0 radical (unpaired) electrons. The van der Waals surface area contributed by atoms with Crippen molar-refractivity contribution in [2.45, 2.75) is 32.4 Å². The minimum Gasteiger partial charge on any atom is -0.370 e. The number of aliphatic imine (C=N–C) groups is 1. The van der Waals surface area contributed by atoms with Crippen molar-refractivity contribution >= 4 is 16.8 Å². The van der Waals surface area contributed by atoms with Crippen LogP contribution in [0.15, 0.2) is 4.99 Å². The van der Waals surface area contributed by atoms with Crippen molar-refractivity contribution < 1.29 is 4.21 Å². The first-order valence-electron chi connectivity index (χ1n) is 5.29. The fourth-order valence-electron chi connectivity index (χ4n) is 0.906. The van der Waals surface area contributed by atoms with E-state index in [0.717, 1.165) is 19.5 Å². The van der Waals surface area contributed by atoms with Gasteiger partial charge in [-0.3, -0.25) is 9.20 Å². The highest BCUT2D eigenvalue weighted by Crippen LogP contribution is 1.97. The largest absolute Gasteiger partial charge is 0.370 e. The van der Waals surface area contributed by atoms with Crippen molar-refractivity contribution in [3.8, 4) is 0 Å². The quantitative estimate of drug-likeness (QED) is 0.524. The Balaban J connectivity index is 3.67. The number of rotatable bonds is 6. The summed E-state index contributed by atoms with van der Waals surface area (Å²) in [6.07, 6.45) is 2.57. The zero-order chi connectivity index (χ0) is 11.8. The molecule has 0 heterocycles. The molecule has 0 bridgehead atoms. The molecule has 0 spiro atoms. The molecule has 0 aromatic carbocycles. The van der Waals surface area contributed by atoms with E-state index in [1.807, 2.05) is 6.92 Å². The van der Waals surface area contributed by atoms with E-state index in [4.69, 9.17) is 5.73 Å². The third-order valence-corrected chi connectivity index (χ3v) is 3.42. The number of nitrogens with zero attached hydrogens (tertiary/aromatic N) is 1. The summed E-state index contributed by atoms with van der Waals surface area (Å²) in [5.74, 6) is 1.00. The van der Waals surface area contributed by atoms with Gasteiger partial charge in [-0.15, -0.1) is 0 Å². The summed E-state index contributed by atoms with van der Waals surface area (Å²) in [7, 11) is -0.757. The average Bonchev–Trinajstić information content (AvgIpc) is 2.14. The summed E-state index contributed by atoms with van der Waals surface area (Å²) in [6, 6.07) is 0. The maximum absolute atomic E-state index is 11.1. The van der Waals surface area contributed by atoms with E-state index in [1.54, 1.807) is 6.26 Å². The van der Waals surface area contributed by atoms with Gasteiger partial charge in [0.1, 0.15) is 0 Å². The highest BCUT2D eigenvalue weighted by Gasteiger charge is 2.05. The standard InChI is InChI=1S/C10H23N3OS/c1-8(2)7-13-10(11)12-6-5-9(3)15(4)14/h8-9H,5-7H2,1-4H3,(H3,11,12,13). The van der Waals surface area contributed by atoms with Gasteiger partial charge in [0.15, 0.2) is 5.96 Å². The van der Waals surface area contributed by atoms with E-state index in [1.165, 1.54) is 0 Å². The Morgan fingerprint density at radius 2 is 2.07 bits per heavy atom. The van der Waals surface area contributed by atoms with Crippen LogP contribution in [-0.2, 0) is 10.8 Å². The van der Waals surface area contributed by atoms with Gasteiger partial charge in [0.25, 0.3) is 0 Å². The van der Waals surface area contributed by atoms with E-state index in [0.29, 0.717) is 11.9 Å². The van der Waals surface area contributed by atoms with Gasteiger partial charge < -0.3 is 11.1 Å². The summed E-state index contributed by atoms with van der Waals surface area (Å²) >= 11 is 0. The van der Waals surface area contributed by atoms with Crippen LogP contribution >= 0.6 is 0 Å². The molecular formula is C10H23N3OS. The normalized spacial score (nSPS) is 16.5. The van der Waals surface area contributed by atoms with Gasteiger partial charge >= 0.3 is 0 Å². The molecule has 2 atom stereocenters. The molecule has 0 amide bonds. The molecule has 4 nitrogen and oxygen atoms in total. The number of nitrogens with one attached hydrogen (secondary N) is 1. The van der Waals surface area contributed by atoms with Gasteiger partial charge in [-0.05, 0) is 12.3 Å². The van der Waals surface area contributed by atoms with Crippen LogP contribution in [0.3, 0.4) is 0 Å². The molecule has 5 heteroatoms. The highest BCUT2D eigenvalue weighted by atomic mass is 32.2. The van der Waals surface area contributed by atoms with Gasteiger partial charge in [-0.2, -0.15) is 0 Å². The molecule has 0 aromatic heterocycles. The Labute approximate surface area is 95.2 Å². The minimum absolute atomic E-state index is 0.204. The molecule has 2 unspecified atom stereocenters. The third kappa shape index (κ3) is 8.42. The van der Waals surface area contributed by atoms with Crippen molar-refractivity contribution in [1.82, 2.24) is 5.32 Å². The molecule has 3 N–H and O–H groups in total. The molecule has 0 aliphatic heterocycles. The first-order valence-corrected chi connectivity index (χ1v) is 6.91. The molecule has 0 fully saturated rings. The minimum atomic E-state index is -0.757. The van der Waals surface area contributed by atoms with Gasteiger partial charge in [-0.25, -0.2) is 0 Å². The SMILES string of the molecule is CC(C)CN=C(N)NCCC(C)S(C)=O. The molecule has 0 aliphatic rings. The van der Waals surface area contributed by atoms with Gasteiger partial charge in [0.2, 0.25) is 0 Å². The summed E-state index contributed by atoms with van der Waals surface area (Å²) in [5, 5.41) is 3.22. The lowest BCUT2D eigenvalue weighted by atomic mass is 10.2. The van der Waals surface area contributed by atoms with E-state index in [9.17, 15) is 4.21 Å². The smallest absolute Gasteiger partial charge is 0.188 e. The van der Waals surface area contributed by atoms with Crippen LogP contribution in [0, 0.1) is 5.92 Å². The second-order valence-electron chi connectivity index (χ2n) is 4.14. The van der Waals surface area contributed by atoms with Gasteiger partial charge in [-0.1, -0.05) is 20.8 Å². The van der Waals surface area contributed by atoms with Crippen LogP contribution in [0.2, 0.25) is 0 Å². The van der Waals surface area contributed by atoms with Crippen LogP contribution < -0.4 is 11.1 Å². The molecule has 0 aliphatic carbocycles. The predicted molar refractivity (Wildman–Crippen MR) is 67.5 cm³/mol. The first-order chi connectivity index (χ1) is 6.93. The van der Waals surface area contributed by atoms with Crippen molar-refractivity contribution in [3.05, 3.63) is 0 Å². The van der Waals surface area contributed by atoms with Crippen LogP contribution in [0.4, 0.5) is 0 Å². The predicted octanol–water partition coefficient (Wildman–Crippen LogP) is 0.704. The Kier molecular flexibility index (Phi) is 7.38. The molecule has 0 saturated heterocycles. The van der Waals surface area contributed by atoms with Crippen molar-refractivity contribution in [2.24, 2.45) is 16.6 Å². The molecule has 90 valence electrons. The second-order valence-corrected chi connectivity index (χ2v) is 5.95. The first kappa shape index (κ1) is 14.4. The highest BCUT2D eigenvalue weighted by molar-refractivity contribution is 7.84. The lowest BCUT2D eigenvalue weighted by Crippen LogP contribution is -2.34. The lowest BCUT2D eigenvalue weighted by Gasteiger charge is -2.09. The van der Waals surface area contributed by atoms with Crippen LogP contribution in [-0.4, -0.2) is 34.8 Å². The maximum Gasteiger partial charge on any atom is 0.188 e. The monoisotopic (exact) mass is 233 g/mol. The topological polar surface area (TPSA) is 67.5 Å². The Bertz CT molecular complexity index is 229. The Hall–Kier alpha value is -0.580. The second kappa shape index (κ2) is 7.68. The number of guanidine groups is 1. The van der Waals surface area contributed by atoms with E-state index in [-0.39, 0.29) is 5.25 Å². The average molecular weight is 233 g/mol. The Morgan fingerprint density at radius 1 is 1.47 bits per heavy atom. The van der Waals surface area contributed by atoms with Crippen molar-refractivity contribution in [2.75, 3.05) is 19.3 Å². The van der Waals surface area contributed by atoms with E-state index < -0.39 is 10.8 Å². The number of hydrogen-bond acceptors (Lipinski definition) is 2. The van der Waals surface area contributed by atoms with E-state index >= 15 is 0 Å². The molecular weight excluding hydrogens is 210 g/mol. The molecule has 0 rings (SSSR count). The fraction of sp³-hybridized carbons (Fsp3) is 0.900. The number of nitrogens with two attached hydrogens (primary N) is 1. The third-order valence-electron chi connectivity index (χ3n) is 2.05. The van der Waals surface area contributed by atoms with Gasteiger partial charge in [0, 0.05) is 35.4 Å². The Morgan fingerprint density at radius 3 is 2.53 bits per heavy atom. The van der Waals surface area contributed by atoms with Crippen LogP contribution in [0.25, 0.3) is 0 Å².